The van der Waals surface area contributed by atoms with Gasteiger partial charge in [0.15, 0.2) is 5.76 Å². The monoisotopic (exact) mass is 362 g/mol. The zero-order chi connectivity index (χ0) is 18.6. The molecule has 27 heavy (non-hydrogen) atoms. The minimum atomic E-state index is -0.124. The first-order chi connectivity index (χ1) is 13.2. The number of hydrogen-bond acceptors (Lipinski definition) is 6. The summed E-state index contributed by atoms with van der Waals surface area (Å²) in [5.41, 5.74) is 9.62. The Hall–Kier alpha value is -3.12. The number of carbonyl (C=O) groups is 1. The molecule has 2 aromatic carbocycles. The van der Waals surface area contributed by atoms with Gasteiger partial charge in [-0.2, -0.15) is 0 Å². The molecule has 0 aliphatic carbocycles. The maximum atomic E-state index is 12.7. The predicted octanol–water partition coefficient (Wildman–Crippen LogP) is 2.76. The summed E-state index contributed by atoms with van der Waals surface area (Å²) in [5.74, 6) is 0.147. The minimum Gasteiger partial charge on any atom is -0.420 e. The van der Waals surface area contributed by atoms with Crippen LogP contribution in [0.25, 0.3) is 11.1 Å². The van der Waals surface area contributed by atoms with E-state index in [1.807, 2.05) is 53.4 Å². The van der Waals surface area contributed by atoms with Crippen molar-refractivity contribution in [3.8, 4) is 11.1 Å². The summed E-state index contributed by atoms with van der Waals surface area (Å²) < 4.78 is 5.71. The van der Waals surface area contributed by atoms with Gasteiger partial charge in [0.25, 0.3) is 6.01 Å². The molecule has 3 N–H and O–H groups in total. The zero-order valence-corrected chi connectivity index (χ0v) is 15.0. The summed E-state index contributed by atoms with van der Waals surface area (Å²) in [6.45, 7) is 3.41. The number of ketones is 1. The Balaban J connectivity index is 1.52. The molecule has 0 unspecified atom stereocenters. The number of hydrogen-bond donors (Lipinski definition) is 2. The Morgan fingerprint density at radius 3 is 2.67 bits per heavy atom. The summed E-state index contributed by atoms with van der Waals surface area (Å²) in [5, 5.41) is 3.28. The first-order valence-electron chi connectivity index (χ1n) is 9.09. The molecule has 1 fully saturated rings. The average molecular weight is 362 g/mol. The fourth-order valence-electron chi connectivity index (χ4n) is 3.23. The molecule has 1 aromatic heterocycles. The van der Waals surface area contributed by atoms with Crippen LogP contribution in [-0.4, -0.2) is 36.9 Å². The van der Waals surface area contributed by atoms with Crippen molar-refractivity contribution >= 4 is 17.5 Å². The predicted molar refractivity (Wildman–Crippen MR) is 106 cm³/mol. The lowest BCUT2D eigenvalue weighted by molar-refractivity contribution is 0.0967. The molecule has 1 aliphatic rings. The number of Topliss-reactive ketones (excluding diaryl/α,β-unsaturated/α-hetero) is 1. The van der Waals surface area contributed by atoms with Crippen molar-refractivity contribution in [2.75, 3.05) is 36.8 Å². The average Bonchev–Trinajstić information content (AvgIpc) is 3.21. The van der Waals surface area contributed by atoms with Crippen molar-refractivity contribution < 1.29 is 9.21 Å². The van der Waals surface area contributed by atoms with Crippen LogP contribution in [0.3, 0.4) is 0 Å². The summed E-state index contributed by atoms with van der Waals surface area (Å²) in [6.07, 6.45) is 1.69. The SMILES string of the molecule is Nc1ccc(-c2ccccc2)cc1CC(=O)c1cnc(N2CCNCC2)o1. The van der Waals surface area contributed by atoms with E-state index < -0.39 is 0 Å². The highest BCUT2D eigenvalue weighted by molar-refractivity contribution is 5.96. The van der Waals surface area contributed by atoms with Gasteiger partial charge in [-0.25, -0.2) is 4.98 Å². The first-order valence-corrected chi connectivity index (χ1v) is 9.09. The summed E-state index contributed by atoms with van der Waals surface area (Å²) in [4.78, 5) is 19.0. The zero-order valence-electron chi connectivity index (χ0n) is 15.0. The van der Waals surface area contributed by atoms with Gasteiger partial charge in [0.2, 0.25) is 5.78 Å². The fourth-order valence-corrected chi connectivity index (χ4v) is 3.23. The van der Waals surface area contributed by atoms with Crippen LogP contribution < -0.4 is 16.0 Å². The van der Waals surface area contributed by atoms with Crippen LogP contribution in [0, 0.1) is 0 Å². The molecule has 0 bridgehead atoms. The molecule has 4 rings (SSSR count). The quantitative estimate of drug-likeness (QED) is 0.536. The number of nitrogens with one attached hydrogen (secondary N) is 1. The molecule has 3 aromatic rings. The Morgan fingerprint density at radius 1 is 1.11 bits per heavy atom. The summed E-state index contributed by atoms with van der Waals surface area (Å²) in [6, 6.07) is 16.3. The Morgan fingerprint density at radius 2 is 1.89 bits per heavy atom. The van der Waals surface area contributed by atoms with Crippen molar-refractivity contribution in [3.05, 3.63) is 66.1 Å². The van der Waals surface area contributed by atoms with E-state index in [-0.39, 0.29) is 18.0 Å². The number of nitrogens with two attached hydrogens (primary N) is 1. The molecule has 0 atom stereocenters. The van der Waals surface area contributed by atoms with Gasteiger partial charge in [-0.1, -0.05) is 36.4 Å². The fraction of sp³-hybridized carbons (Fsp3) is 0.238. The normalized spacial score (nSPS) is 14.3. The number of anilines is 2. The molecule has 6 heteroatoms. The molecule has 0 radical (unpaired) electrons. The topological polar surface area (TPSA) is 84.4 Å². The van der Waals surface area contributed by atoms with Crippen molar-refractivity contribution in [3.63, 3.8) is 0 Å². The number of rotatable bonds is 5. The Bertz CT molecular complexity index is 930. The van der Waals surface area contributed by atoms with Gasteiger partial charge >= 0.3 is 0 Å². The molecule has 1 aliphatic heterocycles. The summed E-state index contributed by atoms with van der Waals surface area (Å²) >= 11 is 0. The van der Waals surface area contributed by atoms with Gasteiger partial charge in [-0.3, -0.25) is 4.79 Å². The van der Waals surface area contributed by atoms with Gasteiger partial charge in [0.05, 0.1) is 6.20 Å². The minimum absolute atomic E-state index is 0.124. The van der Waals surface area contributed by atoms with Crippen LogP contribution in [0.5, 0.6) is 0 Å². The first kappa shape index (κ1) is 17.3. The van der Waals surface area contributed by atoms with Crippen LogP contribution >= 0.6 is 0 Å². The van der Waals surface area contributed by atoms with Crippen LogP contribution in [0.1, 0.15) is 16.1 Å². The number of benzene rings is 2. The number of aromatic nitrogens is 1. The van der Waals surface area contributed by atoms with Crippen molar-refractivity contribution in [2.45, 2.75) is 6.42 Å². The molecular formula is C21H22N4O2. The van der Waals surface area contributed by atoms with E-state index in [4.69, 9.17) is 10.2 Å². The maximum Gasteiger partial charge on any atom is 0.297 e. The highest BCUT2D eigenvalue weighted by Crippen LogP contribution is 2.25. The van der Waals surface area contributed by atoms with Gasteiger partial charge in [0, 0.05) is 38.3 Å². The number of nitrogens with zero attached hydrogens (tertiary/aromatic N) is 2. The lowest BCUT2D eigenvalue weighted by Gasteiger charge is -2.25. The molecule has 0 amide bonds. The van der Waals surface area contributed by atoms with E-state index in [1.54, 1.807) is 0 Å². The van der Waals surface area contributed by atoms with Crippen molar-refractivity contribution in [2.24, 2.45) is 0 Å². The molecule has 0 saturated carbocycles. The van der Waals surface area contributed by atoms with E-state index >= 15 is 0 Å². The standard InChI is InChI=1S/C21H22N4O2/c22-18-7-6-16(15-4-2-1-3-5-15)12-17(18)13-19(26)20-14-24-21(27-20)25-10-8-23-9-11-25/h1-7,12,14,23H,8-11,13,22H2. The molecular weight excluding hydrogens is 340 g/mol. The van der Waals surface area contributed by atoms with E-state index in [0.29, 0.717) is 11.7 Å². The smallest absolute Gasteiger partial charge is 0.297 e. The van der Waals surface area contributed by atoms with E-state index in [9.17, 15) is 4.79 Å². The van der Waals surface area contributed by atoms with Gasteiger partial charge in [0.1, 0.15) is 0 Å². The highest BCUT2D eigenvalue weighted by atomic mass is 16.4. The van der Waals surface area contributed by atoms with E-state index in [1.165, 1.54) is 6.20 Å². The third-order valence-corrected chi connectivity index (χ3v) is 4.76. The Labute approximate surface area is 158 Å². The van der Waals surface area contributed by atoms with Crippen LogP contribution in [0.2, 0.25) is 0 Å². The number of piperazine rings is 1. The van der Waals surface area contributed by atoms with Crippen LogP contribution in [-0.2, 0) is 6.42 Å². The second-order valence-electron chi connectivity index (χ2n) is 6.62. The number of carbonyl (C=O) groups excluding carboxylic acids is 1. The lowest BCUT2D eigenvalue weighted by Crippen LogP contribution is -2.43. The number of nitrogen functional groups attached to an aromatic ring is 1. The summed E-state index contributed by atoms with van der Waals surface area (Å²) in [7, 11) is 0. The molecule has 138 valence electrons. The van der Waals surface area contributed by atoms with E-state index in [0.717, 1.165) is 42.9 Å². The third kappa shape index (κ3) is 3.85. The number of oxazole rings is 1. The second kappa shape index (κ2) is 7.63. The third-order valence-electron chi connectivity index (χ3n) is 4.76. The molecule has 0 spiro atoms. The van der Waals surface area contributed by atoms with Crippen LogP contribution in [0.4, 0.5) is 11.7 Å². The second-order valence-corrected chi connectivity index (χ2v) is 6.62. The van der Waals surface area contributed by atoms with Gasteiger partial charge < -0.3 is 20.4 Å². The van der Waals surface area contributed by atoms with Gasteiger partial charge in [-0.15, -0.1) is 0 Å². The van der Waals surface area contributed by atoms with Crippen molar-refractivity contribution in [1.29, 1.82) is 0 Å². The van der Waals surface area contributed by atoms with Crippen LogP contribution in [0.15, 0.2) is 59.1 Å². The Kier molecular flexibility index (Phi) is 4.89. The lowest BCUT2D eigenvalue weighted by atomic mass is 9.99. The largest absolute Gasteiger partial charge is 0.420 e. The van der Waals surface area contributed by atoms with E-state index in [2.05, 4.69) is 10.3 Å². The molecule has 1 saturated heterocycles. The highest BCUT2D eigenvalue weighted by Gasteiger charge is 2.19. The van der Waals surface area contributed by atoms with Crippen molar-refractivity contribution in [1.82, 2.24) is 10.3 Å². The maximum absolute atomic E-state index is 12.7. The molecule has 6 nitrogen and oxygen atoms in total. The van der Waals surface area contributed by atoms with Gasteiger partial charge in [-0.05, 0) is 28.8 Å². The molecule has 2 heterocycles.